The molecule has 0 aliphatic rings. The van der Waals surface area contributed by atoms with Crippen LogP contribution >= 0.6 is 15.9 Å². The maximum atomic E-state index is 12.2. The lowest BCUT2D eigenvalue weighted by atomic mass is 10.2. The number of esters is 1. The summed E-state index contributed by atoms with van der Waals surface area (Å²) in [7, 11) is 0. The van der Waals surface area contributed by atoms with E-state index in [0.29, 0.717) is 22.8 Å². The Hall–Kier alpha value is -2.79. The Labute approximate surface area is 160 Å². The number of carbonyl (C=O) groups excluding carboxylic acids is 1. The topological polar surface area (TPSA) is 44.8 Å². The van der Waals surface area contributed by atoms with E-state index in [4.69, 9.17) is 14.2 Å². The van der Waals surface area contributed by atoms with Crippen LogP contribution in [0.4, 0.5) is 0 Å². The van der Waals surface area contributed by atoms with Gasteiger partial charge in [-0.3, -0.25) is 0 Å². The van der Waals surface area contributed by atoms with Crippen molar-refractivity contribution < 1.29 is 19.0 Å². The van der Waals surface area contributed by atoms with E-state index < -0.39 is 5.97 Å². The van der Waals surface area contributed by atoms with Crippen molar-refractivity contribution in [2.24, 2.45) is 0 Å². The fourth-order valence-corrected chi connectivity index (χ4v) is 2.62. The lowest BCUT2D eigenvalue weighted by molar-refractivity contribution is 0.0450. The van der Waals surface area contributed by atoms with Crippen LogP contribution in [0.3, 0.4) is 0 Å². The van der Waals surface area contributed by atoms with Crippen LogP contribution in [0.1, 0.15) is 10.4 Å². The first-order chi connectivity index (χ1) is 12.7. The standard InChI is InChI=1S/C21H17BrO4/c22-17-7-5-10-19(15-17)24-12-13-25-21(23)16-6-4-11-20(14-16)26-18-8-2-1-3-9-18/h1-11,14-15H,12-13H2. The van der Waals surface area contributed by atoms with E-state index in [2.05, 4.69) is 15.9 Å². The Kier molecular flexibility index (Phi) is 6.28. The predicted octanol–water partition coefficient (Wildman–Crippen LogP) is 5.48. The average molecular weight is 413 g/mol. The zero-order valence-corrected chi connectivity index (χ0v) is 15.5. The number of hydrogen-bond donors (Lipinski definition) is 0. The van der Waals surface area contributed by atoms with Gasteiger partial charge in [-0.15, -0.1) is 0 Å². The number of para-hydroxylation sites is 1. The molecule has 0 radical (unpaired) electrons. The van der Waals surface area contributed by atoms with Gasteiger partial charge in [0, 0.05) is 4.47 Å². The summed E-state index contributed by atoms with van der Waals surface area (Å²) in [6.07, 6.45) is 0. The predicted molar refractivity (Wildman–Crippen MR) is 103 cm³/mol. The Balaban J connectivity index is 1.50. The molecule has 0 aromatic heterocycles. The molecule has 3 aromatic rings. The van der Waals surface area contributed by atoms with E-state index in [0.717, 1.165) is 4.47 Å². The molecular formula is C21H17BrO4. The van der Waals surface area contributed by atoms with Crippen LogP contribution in [0, 0.1) is 0 Å². The first-order valence-corrected chi connectivity index (χ1v) is 8.88. The minimum absolute atomic E-state index is 0.162. The summed E-state index contributed by atoms with van der Waals surface area (Å²) in [4.78, 5) is 12.2. The van der Waals surface area contributed by atoms with Crippen LogP contribution in [0.15, 0.2) is 83.3 Å². The minimum Gasteiger partial charge on any atom is -0.490 e. The lowest BCUT2D eigenvalue weighted by Crippen LogP contribution is -2.12. The van der Waals surface area contributed by atoms with E-state index in [-0.39, 0.29) is 13.2 Å². The van der Waals surface area contributed by atoms with Gasteiger partial charge in [-0.05, 0) is 48.5 Å². The number of hydrogen-bond acceptors (Lipinski definition) is 4. The molecule has 0 heterocycles. The molecule has 3 rings (SSSR count). The zero-order chi connectivity index (χ0) is 18.2. The van der Waals surface area contributed by atoms with Crippen molar-refractivity contribution in [3.8, 4) is 17.2 Å². The van der Waals surface area contributed by atoms with Crippen LogP contribution in [0.25, 0.3) is 0 Å². The van der Waals surface area contributed by atoms with Crippen molar-refractivity contribution in [1.82, 2.24) is 0 Å². The summed E-state index contributed by atoms with van der Waals surface area (Å²) in [5.41, 5.74) is 0.431. The molecule has 5 heteroatoms. The first kappa shape index (κ1) is 18.0. The highest BCUT2D eigenvalue weighted by Gasteiger charge is 2.09. The Morgan fingerprint density at radius 3 is 2.31 bits per heavy atom. The van der Waals surface area contributed by atoms with Crippen LogP contribution in [0.2, 0.25) is 0 Å². The lowest BCUT2D eigenvalue weighted by Gasteiger charge is -2.09. The van der Waals surface area contributed by atoms with Gasteiger partial charge in [0.2, 0.25) is 0 Å². The number of halogens is 1. The van der Waals surface area contributed by atoms with E-state index >= 15 is 0 Å². The smallest absolute Gasteiger partial charge is 0.338 e. The van der Waals surface area contributed by atoms with Gasteiger partial charge in [0.1, 0.15) is 30.5 Å². The summed E-state index contributed by atoms with van der Waals surface area (Å²) in [6.45, 7) is 0.442. The number of rotatable bonds is 7. The highest BCUT2D eigenvalue weighted by molar-refractivity contribution is 9.10. The quantitative estimate of drug-likeness (QED) is 0.380. The first-order valence-electron chi connectivity index (χ1n) is 8.09. The SMILES string of the molecule is O=C(OCCOc1cccc(Br)c1)c1cccc(Oc2ccccc2)c1. The van der Waals surface area contributed by atoms with Crippen molar-refractivity contribution in [2.45, 2.75) is 0 Å². The van der Waals surface area contributed by atoms with E-state index in [9.17, 15) is 4.79 Å². The molecule has 0 bridgehead atoms. The van der Waals surface area contributed by atoms with Crippen molar-refractivity contribution in [3.63, 3.8) is 0 Å². The van der Waals surface area contributed by atoms with Gasteiger partial charge >= 0.3 is 5.97 Å². The van der Waals surface area contributed by atoms with Gasteiger partial charge < -0.3 is 14.2 Å². The third-order valence-corrected chi connectivity index (χ3v) is 3.92. The molecule has 3 aromatic carbocycles. The minimum atomic E-state index is -0.415. The largest absolute Gasteiger partial charge is 0.490 e. The highest BCUT2D eigenvalue weighted by atomic mass is 79.9. The van der Waals surface area contributed by atoms with Gasteiger partial charge in [0.05, 0.1) is 5.56 Å². The van der Waals surface area contributed by atoms with Crippen molar-refractivity contribution in [3.05, 3.63) is 88.9 Å². The molecule has 4 nitrogen and oxygen atoms in total. The second-order valence-corrected chi connectivity index (χ2v) is 6.30. The van der Waals surface area contributed by atoms with Gasteiger partial charge in [-0.2, -0.15) is 0 Å². The van der Waals surface area contributed by atoms with Gasteiger partial charge in [-0.1, -0.05) is 46.3 Å². The Morgan fingerprint density at radius 2 is 1.50 bits per heavy atom. The normalized spacial score (nSPS) is 10.2. The molecular weight excluding hydrogens is 396 g/mol. The number of ether oxygens (including phenoxy) is 3. The summed E-state index contributed by atoms with van der Waals surface area (Å²) in [5, 5.41) is 0. The maximum Gasteiger partial charge on any atom is 0.338 e. The van der Waals surface area contributed by atoms with Gasteiger partial charge in [-0.25, -0.2) is 4.79 Å². The van der Waals surface area contributed by atoms with E-state index in [1.54, 1.807) is 24.3 Å². The van der Waals surface area contributed by atoms with E-state index in [1.807, 2.05) is 54.6 Å². The summed E-state index contributed by atoms with van der Waals surface area (Å²) in [6, 6.07) is 23.8. The molecule has 0 saturated heterocycles. The third kappa shape index (κ3) is 5.36. The second-order valence-electron chi connectivity index (χ2n) is 5.38. The van der Waals surface area contributed by atoms with Crippen LogP contribution < -0.4 is 9.47 Å². The molecule has 0 unspecified atom stereocenters. The van der Waals surface area contributed by atoms with Crippen LogP contribution in [-0.2, 0) is 4.74 Å². The Morgan fingerprint density at radius 1 is 0.769 bits per heavy atom. The third-order valence-electron chi connectivity index (χ3n) is 3.43. The maximum absolute atomic E-state index is 12.2. The van der Waals surface area contributed by atoms with Crippen molar-refractivity contribution in [2.75, 3.05) is 13.2 Å². The molecule has 26 heavy (non-hydrogen) atoms. The van der Waals surface area contributed by atoms with Crippen LogP contribution in [-0.4, -0.2) is 19.2 Å². The van der Waals surface area contributed by atoms with Gasteiger partial charge in [0.15, 0.2) is 0 Å². The molecule has 0 amide bonds. The molecule has 0 aliphatic carbocycles. The van der Waals surface area contributed by atoms with E-state index in [1.165, 1.54) is 0 Å². The molecule has 0 N–H and O–H groups in total. The fraction of sp³-hybridized carbons (Fsp3) is 0.0952. The van der Waals surface area contributed by atoms with Crippen LogP contribution in [0.5, 0.6) is 17.2 Å². The zero-order valence-electron chi connectivity index (χ0n) is 13.9. The van der Waals surface area contributed by atoms with Crippen molar-refractivity contribution >= 4 is 21.9 Å². The summed E-state index contributed by atoms with van der Waals surface area (Å²) >= 11 is 3.38. The molecule has 0 saturated carbocycles. The Bertz CT molecular complexity index is 865. The summed E-state index contributed by atoms with van der Waals surface area (Å²) in [5.74, 6) is 1.59. The molecule has 0 atom stereocenters. The number of benzene rings is 3. The number of carbonyl (C=O) groups is 1. The van der Waals surface area contributed by atoms with Gasteiger partial charge in [0.25, 0.3) is 0 Å². The van der Waals surface area contributed by atoms with Crippen molar-refractivity contribution in [1.29, 1.82) is 0 Å². The summed E-state index contributed by atoms with van der Waals surface area (Å²) < 4.78 is 17.5. The average Bonchev–Trinajstić information content (AvgIpc) is 2.66. The molecule has 0 spiro atoms. The monoisotopic (exact) mass is 412 g/mol. The fourth-order valence-electron chi connectivity index (χ4n) is 2.25. The second kappa shape index (κ2) is 9.06. The molecule has 132 valence electrons. The molecule has 0 aliphatic heterocycles. The molecule has 0 fully saturated rings. The highest BCUT2D eigenvalue weighted by Crippen LogP contribution is 2.22.